The smallest absolute Gasteiger partial charge is 0.282 e. The lowest BCUT2D eigenvalue weighted by Gasteiger charge is -2.25. The Morgan fingerprint density at radius 3 is 2.85 bits per heavy atom. The van der Waals surface area contributed by atoms with E-state index in [0.717, 1.165) is 15.8 Å². The lowest BCUT2D eigenvalue weighted by molar-refractivity contribution is -0.130. The fraction of sp³-hybridized carbons (Fsp3) is 0.118. The number of carbonyl (C=O) groups is 2. The van der Waals surface area contributed by atoms with E-state index in [4.69, 9.17) is 23.2 Å². The minimum absolute atomic E-state index is 0.198. The molecule has 0 radical (unpaired) electrons. The van der Waals surface area contributed by atoms with Crippen LogP contribution in [0.1, 0.15) is 10.9 Å². The van der Waals surface area contributed by atoms with Crippen molar-refractivity contribution in [2.24, 2.45) is 0 Å². The first-order valence-electron chi connectivity index (χ1n) is 7.83. The second-order valence-electron chi connectivity index (χ2n) is 5.65. The van der Waals surface area contributed by atoms with Crippen LogP contribution in [0.4, 0.5) is 9.93 Å². The number of hydrogen-bond donors (Lipinski definition) is 2. The van der Waals surface area contributed by atoms with E-state index in [2.05, 4.69) is 15.7 Å². The number of carbonyl (C=O) groups excluding carboxylic acids is 2. The van der Waals surface area contributed by atoms with Crippen LogP contribution in [0.5, 0.6) is 0 Å². The molecule has 3 aromatic rings. The number of halogens is 2. The van der Waals surface area contributed by atoms with E-state index in [1.165, 1.54) is 28.1 Å². The van der Waals surface area contributed by atoms with Crippen LogP contribution in [-0.2, 0) is 4.79 Å². The fourth-order valence-corrected chi connectivity index (χ4v) is 5.22. The van der Waals surface area contributed by atoms with Gasteiger partial charge in [0.05, 0.1) is 16.0 Å². The predicted molar refractivity (Wildman–Crippen MR) is 110 cm³/mol. The quantitative estimate of drug-likeness (QED) is 0.608. The van der Waals surface area contributed by atoms with E-state index in [1.54, 1.807) is 24.3 Å². The lowest BCUT2D eigenvalue weighted by atomic mass is 10.2. The third-order valence-electron chi connectivity index (χ3n) is 3.83. The summed E-state index contributed by atoms with van der Waals surface area (Å²) in [7, 11) is 0. The molecule has 0 saturated carbocycles. The van der Waals surface area contributed by atoms with E-state index >= 15 is 0 Å². The molecular weight excluding hydrogens is 427 g/mol. The Morgan fingerprint density at radius 1 is 1.22 bits per heavy atom. The second-order valence-corrected chi connectivity index (χ2v) is 8.59. The Morgan fingerprint density at radius 2 is 2.04 bits per heavy atom. The van der Waals surface area contributed by atoms with Crippen molar-refractivity contribution >= 4 is 73.6 Å². The van der Waals surface area contributed by atoms with Crippen LogP contribution in [0, 0.1) is 0 Å². The summed E-state index contributed by atoms with van der Waals surface area (Å²) in [5, 5.41) is 5.13. The molecule has 1 aliphatic rings. The summed E-state index contributed by atoms with van der Waals surface area (Å²) in [6, 6.07) is 12.0. The van der Waals surface area contributed by atoms with E-state index in [-0.39, 0.29) is 17.0 Å². The summed E-state index contributed by atoms with van der Waals surface area (Å²) in [6.45, 7) is 0. The van der Waals surface area contributed by atoms with E-state index in [0.29, 0.717) is 15.2 Å². The maximum atomic E-state index is 12.4. The van der Waals surface area contributed by atoms with Gasteiger partial charge in [-0.1, -0.05) is 52.7 Å². The van der Waals surface area contributed by atoms with Gasteiger partial charge >= 0.3 is 6.03 Å². The van der Waals surface area contributed by atoms with Crippen LogP contribution >= 0.6 is 46.3 Å². The zero-order chi connectivity index (χ0) is 19.0. The molecular formula is C17H12Cl2N4O2S2. The summed E-state index contributed by atoms with van der Waals surface area (Å²) in [6.07, 6.45) is 0. The van der Waals surface area contributed by atoms with Crippen molar-refractivity contribution in [1.29, 1.82) is 0 Å². The molecule has 4 rings (SSSR count). The fourth-order valence-electron chi connectivity index (χ4n) is 2.64. The van der Waals surface area contributed by atoms with Crippen molar-refractivity contribution in [3.63, 3.8) is 0 Å². The molecule has 2 aromatic carbocycles. The zero-order valence-electron chi connectivity index (χ0n) is 13.6. The lowest BCUT2D eigenvalue weighted by Crippen LogP contribution is -2.46. The molecule has 27 heavy (non-hydrogen) atoms. The molecule has 1 unspecified atom stereocenters. The van der Waals surface area contributed by atoms with Gasteiger partial charge in [-0.05, 0) is 24.3 Å². The first-order valence-corrected chi connectivity index (χ1v) is 10.5. The number of thioether (sulfide) groups is 1. The predicted octanol–water partition coefficient (Wildman–Crippen LogP) is 4.91. The molecule has 10 heteroatoms. The van der Waals surface area contributed by atoms with Crippen LogP contribution in [0.2, 0.25) is 10.0 Å². The number of benzene rings is 2. The molecule has 0 spiro atoms. The largest absolute Gasteiger partial charge is 0.339 e. The molecule has 1 aromatic heterocycles. The number of urea groups is 1. The SMILES string of the molecule is O=C(Nc1nc2ccc(Cl)cc2s1)NN1C(=O)CSC1c1ccccc1Cl. The van der Waals surface area contributed by atoms with Crippen LogP contribution in [-0.4, -0.2) is 27.7 Å². The minimum Gasteiger partial charge on any atom is -0.282 e. The number of rotatable bonds is 3. The summed E-state index contributed by atoms with van der Waals surface area (Å²) in [5.41, 5.74) is 4.11. The molecule has 6 nitrogen and oxygen atoms in total. The highest BCUT2D eigenvalue weighted by Crippen LogP contribution is 2.40. The standard InChI is InChI=1S/C17H12Cl2N4O2S2/c18-9-5-6-12-13(7-9)27-17(20-12)21-16(25)22-23-14(24)8-26-15(23)10-3-1-2-4-11(10)19/h1-7,15H,8H2,(H2,20,21,22,25). The zero-order valence-corrected chi connectivity index (χ0v) is 16.8. The average molecular weight is 439 g/mol. The molecule has 138 valence electrons. The van der Waals surface area contributed by atoms with Gasteiger partial charge in [0.1, 0.15) is 5.37 Å². The van der Waals surface area contributed by atoms with Gasteiger partial charge in [0.2, 0.25) is 0 Å². The highest BCUT2D eigenvalue weighted by Gasteiger charge is 2.35. The molecule has 1 saturated heterocycles. The number of amides is 3. The van der Waals surface area contributed by atoms with Crippen molar-refractivity contribution in [3.8, 4) is 0 Å². The van der Waals surface area contributed by atoms with Crippen LogP contribution in [0.25, 0.3) is 10.2 Å². The number of nitrogens with zero attached hydrogens (tertiary/aromatic N) is 2. The first kappa shape index (κ1) is 18.4. The number of thiazole rings is 1. The monoisotopic (exact) mass is 438 g/mol. The highest BCUT2D eigenvalue weighted by molar-refractivity contribution is 8.00. The van der Waals surface area contributed by atoms with Gasteiger partial charge in [-0.15, -0.1) is 11.8 Å². The summed E-state index contributed by atoms with van der Waals surface area (Å²) >= 11 is 14.9. The highest BCUT2D eigenvalue weighted by atomic mass is 35.5. The normalized spacial score (nSPS) is 16.7. The van der Waals surface area contributed by atoms with Crippen molar-refractivity contribution in [2.75, 3.05) is 11.1 Å². The maximum absolute atomic E-state index is 12.4. The Hall–Kier alpha value is -2.00. The van der Waals surface area contributed by atoms with Gasteiger partial charge in [0, 0.05) is 15.6 Å². The van der Waals surface area contributed by atoms with Crippen LogP contribution in [0.15, 0.2) is 42.5 Å². The number of hydrogen-bond acceptors (Lipinski definition) is 5. The summed E-state index contributed by atoms with van der Waals surface area (Å²) < 4.78 is 0.861. The van der Waals surface area contributed by atoms with E-state index in [1.807, 2.05) is 18.2 Å². The molecule has 3 amide bonds. The van der Waals surface area contributed by atoms with Crippen molar-refractivity contribution < 1.29 is 9.59 Å². The molecule has 0 aliphatic carbocycles. The topological polar surface area (TPSA) is 74.3 Å². The number of anilines is 1. The average Bonchev–Trinajstić information content (AvgIpc) is 3.18. The Balaban J connectivity index is 1.50. The molecule has 2 heterocycles. The van der Waals surface area contributed by atoms with Gasteiger partial charge in [0.25, 0.3) is 5.91 Å². The minimum atomic E-state index is -0.548. The van der Waals surface area contributed by atoms with Crippen molar-refractivity contribution in [2.45, 2.75) is 5.37 Å². The number of nitrogens with one attached hydrogen (secondary N) is 2. The third-order valence-corrected chi connectivity index (χ3v) is 6.54. The Kier molecular flexibility index (Phi) is 5.14. The number of hydrazine groups is 1. The molecule has 1 fully saturated rings. The van der Waals surface area contributed by atoms with Gasteiger partial charge in [-0.25, -0.2) is 20.2 Å². The number of aromatic nitrogens is 1. The second kappa shape index (κ2) is 7.55. The van der Waals surface area contributed by atoms with Gasteiger partial charge < -0.3 is 0 Å². The van der Waals surface area contributed by atoms with Crippen molar-refractivity contribution in [1.82, 2.24) is 15.4 Å². The number of fused-ring (bicyclic) bond motifs is 1. The van der Waals surface area contributed by atoms with Crippen LogP contribution in [0.3, 0.4) is 0 Å². The molecule has 2 N–H and O–H groups in total. The summed E-state index contributed by atoms with van der Waals surface area (Å²) in [5.74, 6) is 0.0617. The molecule has 1 aliphatic heterocycles. The Labute approximate surface area is 172 Å². The van der Waals surface area contributed by atoms with Crippen molar-refractivity contribution in [3.05, 3.63) is 58.1 Å². The van der Waals surface area contributed by atoms with Gasteiger partial charge in [-0.2, -0.15) is 0 Å². The van der Waals surface area contributed by atoms with Gasteiger partial charge in [0.15, 0.2) is 5.13 Å². The van der Waals surface area contributed by atoms with Crippen LogP contribution < -0.4 is 10.7 Å². The van der Waals surface area contributed by atoms with E-state index in [9.17, 15) is 9.59 Å². The third kappa shape index (κ3) is 3.84. The molecule has 0 bridgehead atoms. The van der Waals surface area contributed by atoms with E-state index < -0.39 is 6.03 Å². The first-order chi connectivity index (χ1) is 13.0. The maximum Gasteiger partial charge on any atom is 0.339 e. The summed E-state index contributed by atoms with van der Waals surface area (Å²) in [4.78, 5) is 29.0. The Bertz CT molecular complexity index is 1040. The van der Waals surface area contributed by atoms with Gasteiger partial charge in [-0.3, -0.25) is 10.1 Å². The molecule has 1 atom stereocenters.